The molecule has 0 fully saturated rings. The number of hydrogen-bond acceptors (Lipinski definition) is 4. The molecule has 0 aliphatic heterocycles. The Hall–Kier alpha value is -1.39. The van der Waals surface area contributed by atoms with Gasteiger partial charge in [0.05, 0.1) is 0 Å². The van der Waals surface area contributed by atoms with Gasteiger partial charge in [0.15, 0.2) is 0 Å². The van der Waals surface area contributed by atoms with Crippen LogP contribution in [0.15, 0.2) is 35.8 Å². The summed E-state index contributed by atoms with van der Waals surface area (Å²) in [6.45, 7) is 4.22. The summed E-state index contributed by atoms with van der Waals surface area (Å²) in [5.41, 5.74) is 7.12. The van der Waals surface area contributed by atoms with Crippen LogP contribution in [0, 0.1) is 0 Å². The predicted molar refractivity (Wildman–Crippen MR) is 82.7 cm³/mol. The van der Waals surface area contributed by atoms with E-state index in [0.29, 0.717) is 6.04 Å². The van der Waals surface area contributed by atoms with E-state index in [1.165, 1.54) is 4.88 Å². The lowest BCUT2D eigenvalue weighted by atomic mass is 10.1. The molecule has 2 aromatic heterocycles. The fraction of sp³-hybridized carbons (Fsp3) is 0.400. The molecule has 0 amide bonds. The summed E-state index contributed by atoms with van der Waals surface area (Å²) in [7, 11) is 2.09. The van der Waals surface area contributed by atoms with Gasteiger partial charge in [-0.2, -0.15) is 0 Å². The number of nitrogens with zero attached hydrogens (tertiary/aromatic N) is 2. The highest BCUT2D eigenvalue weighted by Gasteiger charge is 2.17. The molecule has 0 aliphatic carbocycles. The fourth-order valence-corrected chi connectivity index (χ4v) is 2.95. The zero-order valence-electron chi connectivity index (χ0n) is 11.7. The topological polar surface area (TPSA) is 42.1 Å². The van der Waals surface area contributed by atoms with Crippen LogP contribution >= 0.6 is 11.3 Å². The van der Waals surface area contributed by atoms with E-state index >= 15 is 0 Å². The van der Waals surface area contributed by atoms with Crippen LogP contribution in [-0.4, -0.2) is 18.1 Å². The van der Waals surface area contributed by atoms with Crippen molar-refractivity contribution in [1.82, 2.24) is 4.98 Å². The largest absolute Gasteiger partial charge is 0.356 e. The Balaban J connectivity index is 2.16. The van der Waals surface area contributed by atoms with Gasteiger partial charge in [0.1, 0.15) is 5.82 Å². The van der Waals surface area contributed by atoms with Gasteiger partial charge >= 0.3 is 0 Å². The van der Waals surface area contributed by atoms with Crippen molar-refractivity contribution in [3.63, 3.8) is 0 Å². The molecule has 0 spiro atoms. The van der Waals surface area contributed by atoms with Crippen molar-refractivity contribution in [1.29, 1.82) is 0 Å². The number of aromatic nitrogens is 1. The minimum Gasteiger partial charge on any atom is -0.356 e. The first-order valence-corrected chi connectivity index (χ1v) is 7.43. The molecule has 2 rings (SSSR count). The predicted octanol–water partition coefficient (Wildman–Crippen LogP) is 3.23. The average Bonchev–Trinajstić information content (AvgIpc) is 2.90. The Labute approximate surface area is 119 Å². The summed E-state index contributed by atoms with van der Waals surface area (Å²) in [6.07, 6.45) is 2.86. The summed E-state index contributed by atoms with van der Waals surface area (Å²) in [5.74, 6) is 0.988. The Morgan fingerprint density at radius 1 is 1.32 bits per heavy atom. The highest BCUT2D eigenvalue weighted by molar-refractivity contribution is 7.09. The lowest BCUT2D eigenvalue weighted by Gasteiger charge is -2.28. The maximum Gasteiger partial charge on any atom is 0.133 e. The monoisotopic (exact) mass is 275 g/mol. The van der Waals surface area contributed by atoms with Crippen molar-refractivity contribution in [3.8, 4) is 0 Å². The van der Waals surface area contributed by atoms with Gasteiger partial charge < -0.3 is 10.6 Å². The van der Waals surface area contributed by atoms with E-state index in [1.54, 1.807) is 11.3 Å². The molecular weight excluding hydrogens is 254 g/mol. The zero-order valence-corrected chi connectivity index (χ0v) is 12.5. The van der Waals surface area contributed by atoms with E-state index in [4.69, 9.17) is 5.73 Å². The molecule has 2 heterocycles. The normalized spacial score (nSPS) is 14.1. The lowest BCUT2D eigenvalue weighted by Crippen LogP contribution is -2.32. The van der Waals surface area contributed by atoms with Crippen LogP contribution in [0.25, 0.3) is 0 Å². The van der Waals surface area contributed by atoms with Crippen LogP contribution in [0.4, 0.5) is 5.82 Å². The summed E-state index contributed by atoms with van der Waals surface area (Å²) < 4.78 is 0. The van der Waals surface area contributed by atoms with Gasteiger partial charge in [0.2, 0.25) is 0 Å². The van der Waals surface area contributed by atoms with Gasteiger partial charge in [-0.25, -0.2) is 4.98 Å². The number of hydrogen-bond donors (Lipinski definition) is 1. The first kappa shape index (κ1) is 14.0. The van der Waals surface area contributed by atoms with Crippen molar-refractivity contribution >= 4 is 17.2 Å². The lowest BCUT2D eigenvalue weighted by molar-refractivity contribution is 0.670. The molecule has 3 nitrogen and oxygen atoms in total. The SMILES string of the molecule is CC(N)c1cccnc1N(C)C(C)Cc1cccs1. The molecule has 2 unspecified atom stereocenters. The molecule has 0 aliphatic rings. The van der Waals surface area contributed by atoms with Crippen molar-refractivity contribution in [2.75, 3.05) is 11.9 Å². The first-order chi connectivity index (χ1) is 9.09. The summed E-state index contributed by atoms with van der Waals surface area (Å²) >= 11 is 1.80. The summed E-state index contributed by atoms with van der Waals surface area (Å²) in [5, 5.41) is 2.12. The average molecular weight is 275 g/mol. The van der Waals surface area contributed by atoms with Gasteiger partial charge in [0.25, 0.3) is 0 Å². The maximum absolute atomic E-state index is 6.02. The van der Waals surface area contributed by atoms with Crippen molar-refractivity contribution in [2.24, 2.45) is 5.73 Å². The van der Waals surface area contributed by atoms with Crippen LogP contribution in [0.5, 0.6) is 0 Å². The van der Waals surface area contributed by atoms with Gasteiger partial charge in [-0.15, -0.1) is 11.3 Å². The van der Waals surface area contributed by atoms with Gasteiger partial charge in [-0.1, -0.05) is 12.1 Å². The molecule has 0 radical (unpaired) electrons. The van der Waals surface area contributed by atoms with E-state index in [0.717, 1.165) is 17.8 Å². The molecule has 2 aromatic rings. The number of anilines is 1. The molecular formula is C15H21N3S. The van der Waals surface area contributed by atoms with Crippen molar-refractivity contribution in [2.45, 2.75) is 32.4 Å². The van der Waals surface area contributed by atoms with E-state index in [-0.39, 0.29) is 6.04 Å². The first-order valence-electron chi connectivity index (χ1n) is 6.55. The van der Waals surface area contributed by atoms with E-state index in [1.807, 2.05) is 19.2 Å². The maximum atomic E-state index is 6.02. The number of nitrogens with two attached hydrogens (primary N) is 1. The molecule has 19 heavy (non-hydrogen) atoms. The van der Waals surface area contributed by atoms with Gasteiger partial charge in [-0.05, 0) is 31.4 Å². The molecule has 0 bridgehead atoms. The third-order valence-corrected chi connectivity index (χ3v) is 4.28. The third kappa shape index (κ3) is 3.33. The van der Waals surface area contributed by atoms with Crippen LogP contribution in [-0.2, 0) is 6.42 Å². The number of likely N-dealkylation sites (N-methyl/N-ethyl adjacent to an activating group) is 1. The Kier molecular flexibility index (Phi) is 4.56. The second kappa shape index (κ2) is 6.17. The smallest absolute Gasteiger partial charge is 0.133 e. The van der Waals surface area contributed by atoms with E-state index < -0.39 is 0 Å². The summed E-state index contributed by atoms with van der Waals surface area (Å²) in [4.78, 5) is 8.12. The number of thiophene rings is 1. The Morgan fingerprint density at radius 2 is 2.11 bits per heavy atom. The zero-order chi connectivity index (χ0) is 13.8. The van der Waals surface area contributed by atoms with E-state index in [2.05, 4.69) is 47.4 Å². The molecule has 2 N–H and O–H groups in total. The minimum absolute atomic E-state index is 0.0000813. The highest BCUT2D eigenvalue weighted by atomic mass is 32.1. The molecule has 2 atom stereocenters. The Morgan fingerprint density at radius 3 is 2.74 bits per heavy atom. The Bertz CT molecular complexity index is 508. The summed E-state index contributed by atoms with van der Waals surface area (Å²) in [6, 6.07) is 8.67. The van der Waals surface area contributed by atoms with E-state index in [9.17, 15) is 0 Å². The van der Waals surface area contributed by atoms with Crippen LogP contribution in [0.1, 0.15) is 30.3 Å². The van der Waals surface area contributed by atoms with Crippen LogP contribution in [0.3, 0.4) is 0 Å². The number of pyridine rings is 1. The molecule has 0 saturated carbocycles. The van der Waals surface area contributed by atoms with Crippen LogP contribution in [0.2, 0.25) is 0 Å². The second-order valence-electron chi connectivity index (χ2n) is 4.95. The van der Waals surface area contributed by atoms with Gasteiger partial charge in [-0.3, -0.25) is 0 Å². The van der Waals surface area contributed by atoms with Gasteiger partial charge in [0, 0.05) is 42.2 Å². The highest BCUT2D eigenvalue weighted by Crippen LogP contribution is 2.24. The quantitative estimate of drug-likeness (QED) is 0.911. The third-order valence-electron chi connectivity index (χ3n) is 3.38. The molecule has 0 saturated heterocycles. The number of rotatable bonds is 5. The standard InChI is InChI=1S/C15H21N3S/c1-11(10-13-6-5-9-19-13)18(3)15-14(12(2)16)7-4-8-17-15/h4-9,11-12H,10,16H2,1-3H3. The molecule has 102 valence electrons. The van der Waals surface area contributed by atoms with Crippen molar-refractivity contribution in [3.05, 3.63) is 46.3 Å². The van der Waals surface area contributed by atoms with Crippen LogP contribution < -0.4 is 10.6 Å². The minimum atomic E-state index is 0.0000813. The molecule has 0 aromatic carbocycles. The second-order valence-corrected chi connectivity index (χ2v) is 5.98. The van der Waals surface area contributed by atoms with Crippen molar-refractivity contribution < 1.29 is 0 Å². The molecule has 4 heteroatoms. The fourth-order valence-electron chi connectivity index (χ4n) is 2.13.